The molecule has 2 aromatic carbocycles. The highest BCUT2D eigenvalue weighted by atomic mass is 32.2. The van der Waals surface area contributed by atoms with Crippen molar-refractivity contribution >= 4 is 15.7 Å². The van der Waals surface area contributed by atoms with Crippen LogP contribution >= 0.6 is 0 Å². The zero-order valence-corrected chi connectivity index (χ0v) is 11.4. The Hall–Kier alpha value is -1.85. The van der Waals surface area contributed by atoms with Gasteiger partial charge in [-0.05, 0) is 36.2 Å². The van der Waals surface area contributed by atoms with Gasteiger partial charge in [0, 0.05) is 12.2 Å². The normalized spacial score (nSPS) is 11.4. The van der Waals surface area contributed by atoms with Crippen LogP contribution in [0.25, 0.3) is 0 Å². The molecule has 0 unspecified atom stereocenters. The number of aryl methyl sites for hydroxylation is 1. The van der Waals surface area contributed by atoms with E-state index >= 15 is 0 Å². The Morgan fingerprint density at radius 1 is 1.11 bits per heavy atom. The Labute approximate surface area is 113 Å². The van der Waals surface area contributed by atoms with Gasteiger partial charge in [0.25, 0.3) is 0 Å². The molecule has 0 aromatic heterocycles. The average molecular weight is 276 g/mol. The molecular weight excluding hydrogens is 260 g/mol. The molecule has 0 saturated carbocycles. The van der Waals surface area contributed by atoms with Gasteiger partial charge in [-0.25, -0.2) is 13.1 Å². The van der Waals surface area contributed by atoms with Crippen LogP contribution in [0.4, 0.5) is 5.69 Å². The van der Waals surface area contributed by atoms with E-state index in [1.54, 1.807) is 43.3 Å². The maximum Gasteiger partial charge on any atom is 0.241 e. The van der Waals surface area contributed by atoms with Crippen molar-refractivity contribution < 1.29 is 8.42 Å². The number of nitrogens with one attached hydrogen (secondary N) is 1. The molecule has 19 heavy (non-hydrogen) atoms. The van der Waals surface area contributed by atoms with Gasteiger partial charge in [-0.2, -0.15) is 0 Å². The molecule has 0 aliphatic heterocycles. The van der Waals surface area contributed by atoms with E-state index in [9.17, 15) is 8.42 Å². The molecule has 0 amide bonds. The van der Waals surface area contributed by atoms with Crippen molar-refractivity contribution in [3.63, 3.8) is 0 Å². The second kappa shape index (κ2) is 5.42. The minimum Gasteiger partial charge on any atom is -0.399 e. The Morgan fingerprint density at radius 3 is 2.53 bits per heavy atom. The van der Waals surface area contributed by atoms with E-state index in [4.69, 9.17) is 5.73 Å². The van der Waals surface area contributed by atoms with E-state index in [0.717, 1.165) is 11.1 Å². The molecule has 0 saturated heterocycles. The van der Waals surface area contributed by atoms with E-state index in [1.807, 2.05) is 12.1 Å². The molecule has 0 spiro atoms. The molecule has 2 aromatic rings. The van der Waals surface area contributed by atoms with E-state index in [1.165, 1.54) is 0 Å². The van der Waals surface area contributed by atoms with E-state index < -0.39 is 10.0 Å². The standard InChI is InChI=1S/C14H16N2O2S/c1-11-5-2-3-8-14(11)19(17,18)16-10-12-6-4-7-13(15)9-12/h2-9,16H,10,15H2,1H3. The highest BCUT2D eigenvalue weighted by Crippen LogP contribution is 2.14. The van der Waals surface area contributed by atoms with Crippen LogP contribution < -0.4 is 10.5 Å². The topological polar surface area (TPSA) is 72.2 Å². The molecule has 0 bridgehead atoms. The number of hydrogen-bond acceptors (Lipinski definition) is 3. The molecule has 0 aliphatic rings. The first-order valence-corrected chi connectivity index (χ1v) is 7.37. The van der Waals surface area contributed by atoms with E-state index in [0.29, 0.717) is 10.6 Å². The first-order chi connectivity index (χ1) is 8.99. The lowest BCUT2D eigenvalue weighted by atomic mass is 10.2. The molecule has 0 atom stereocenters. The third kappa shape index (κ3) is 3.33. The lowest BCUT2D eigenvalue weighted by molar-refractivity contribution is 0.580. The summed E-state index contributed by atoms with van der Waals surface area (Å²) >= 11 is 0. The van der Waals surface area contributed by atoms with Crippen molar-refractivity contribution in [1.82, 2.24) is 4.72 Å². The summed E-state index contributed by atoms with van der Waals surface area (Å²) in [6.45, 7) is 2.00. The average Bonchev–Trinajstić information content (AvgIpc) is 2.37. The fourth-order valence-corrected chi connectivity index (χ4v) is 3.08. The SMILES string of the molecule is Cc1ccccc1S(=O)(=O)NCc1cccc(N)c1. The number of nitrogen functional groups attached to an aromatic ring is 1. The summed E-state index contributed by atoms with van der Waals surface area (Å²) in [5, 5.41) is 0. The summed E-state index contributed by atoms with van der Waals surface area (Å²) in [7, 11) is -3.49. The summed E-state index contributed by atoms with van der Waals surface area (Å²) in [5.74, 6) is 0. The van der Waals surface area contributed by atoms with Crippen molar-refractivity contribution in [3.8, 4) is 0 Å². The number of anilines is 1. The summed E-state index contributed by atoms with van der Waals surface area (Å²) < 4.78 is 26.9. The smallest absolute Gasteiger partial charge is 0.241 e. The fraction of sp³-hybridized carbons (Fsp3) is 0.143. The van der Waals surface area contributed by atoms with Crippen LogP contribution in [-0.4, -0.2) is 8.42 Å². The molecule has 0 fully saturated rings. The Balaban J connectivity index is 2.17. The number of sulfonamides is 1. The fourth-order valence-electron chi connectivity index (χ4n) is 1.82. The number of rotatable bonds is 4. The lowest BCUT2D eigenvalue weighted by Gasteiger charge is -2.09. The van der Waals surface area contributed by atoms with Gasteiger partial charge in [-0.15, -0.1) is 0 Å². The Kier molecular flexibility index (Phi) is 3.87. The summed E-state index contributed by atoms with van der Waals surface area (Å²) in [6.07, 6.45) is 0. The molecular formula is C14H16N2O2S. The third-order valence-corrected chi connectivity index (χ3v) is 4.36. The van der Waals surface area contributed by atoms with Gasteiger partial charge < -0.3 is 5.73 Å². The van der Waals surface area contributed by atoms with Gasteiger partial charge in [0.2, 0.25) is 10.0 Å². The van der Waals surface area contributed by atoms with E-state index in [-0.39, 0.29) is 6.54 Å². The number of benzene rings is 2. The molecule has 5 heteroatoms. The van der Waals surface area contributed by atoms with E-state index in [2.05, 4.69) is 4.72 Å². The predicted octanol–water partition coefficient (Wildman–Crippen LogP) is 2.06. The number of hydrogen-bond donors (Lipinski definition) is 2. The van der Waals surface area contributed by atoms with Crippen LogP contribution in [0.5, 0.6) is 0 Å². The zero-order chi connectivity index (χ0) is 13.9. The summed E-state index contributed by atoms with van der Waals surface area (Å²) in [4.78, 5) is 0.305. The lowest BCUT2D eigenvalue weighted by Crippen LogP contribution is -2.24. The first kappa shape index (κ1) is 13.6. The quantitative estimate of drug-likeness (QED) is 0.840. The number of nitrogens with two attached hydrogens (primary N) is 1. The molecule has 100 valence electrons. The van der Waals surface area contributed by atoms with Crippen molar-refractivity contribution in [1.29, 1.82) is 0 Å². The monoisotopic (exact) mass is 276 g/mol. The molecule has 3 N–H and O–H groups in total. The largest absolute Gasteiger partial charge is 0.399 e. The first-order valence-electron chi connectivity index (χ1n) is 5.89. The highest BCUT2D eigenvalue weighted by molar-refractivity contribution is 7.89. The Morgan fingerprint density at radius 2 is 1.84 bits per heavy atom. The van der Waals surface area contributed by atoms with Crippen molar-refractivity contribution in [2.45, 2.75) is 18.4 Å². The van der Waals surface area contributed by atoms with Gasteiger partial charge in [0.15, 0.2) is 0 Å². The van der Waals surface area contributed by atoms with Gasteiger partial charge in [-0.1, -0.05) is 30.3 Å². The van der Waals surface area contributed by atoms with Gasteiger partial charge >= 0.3 is 0 Å². The second-order valence-corrected chi connectivity index (χ2v) is 6.07. The summed E-state index contributed by atoms with van der Waals surface area (Å²) in [6, 6.07) is 14.0. The van der Waals surface area contributed by atoms with Crippen LogP contribution in [-0.2, 0) is 16.6 Å². The maximum absolute atomic E-state index is 12.2. The minimum absolute atomic E-state index is 0.224. The van der Waals surface area contributed by atoms with Crippen molar-refractivity contribution in [2.75, 3.05) is 5.73 Å². The zero-order valence-electron chi connectivity index (χ0n) is 10.6. The van der Waals surface area contributed by atoms with Crippen LogP contribution in [0.3, 0.4) is 0 Å². The summed E-state index contributed by atoms with van der Waals surface area (Å²) in [5.41, 5.74) is 7.83. The van der Waals surface area contributed by atoms with Crippen LogP contribution in [0, 0.1) is 6.92 Å². The molecule has 0 aliphatic carbocycles. The van der Waals surface area contributed by atoms with Gasteiger partial charge in [0.1, 0.15) is 0 Å². The molecule has 0 radical (unpaired) electrons. The minimum atomic E-state index is -3.49. The molecule has 0 heterocycles. The predicted molar refractivity (Wildman–Crippen MR) is 76.1 cm³/mol. The van der Waals surface area contributed by atoms with Crippen LogP contribution in [0.1, 0.15) is 11.1 Å². The highest BCUT2D eigenvalue weighted by Gasteiger charge is 2.15. The van der Waals surface area contributed by atoms with Gasteiger partial charge in [-0.3, -0.25) is 0 Å². The second-order valence-electron chi connectivity index (χ2n) is 4.34. The van der Waals surface area contributed by atoms with Crippen LogP contribution in [0.2, 0.25) is 0 Å². The molecule has 4 nitrogen and oxygen atoms in total. The maximum atomic E-state index is 12.2. The van der Waals surface area contributed by atoms with Crippen molar-refractivity contribution in [3.05, 3.63) is 59.7 Å². The third-order valence-electron chi connectivity index (χ3n) is 2.80. The van der Waals surface area contributed by atoms with Crippen molar-refractivity contribution in [2.24, 2.45) is 0 Å². The Bertz CT molecular complexity index is 681. The molecule has 2 rings (SSSR count). The van der Waals surface area contributed by atoms with Gasteiger partial charge in [0.05, 0.1) is 4.90 Å². The van der Waals surface area contributed by atoms with Crippen LogP contribution in [0.15, 0.2) is 53.4 Å².